The number of aromatic nitrogens is 2. The van der Waals surface area contributed by atoms with Gasteiger partial charge in [0.2, 0.25) is 0 Å². The van der Waals surface area contributed by atoms with Gasteiger partial charge in [-0.25, -0.2) is 4.68 Å². The van der Waals surface area contributed by atoms with E-state index in [2.05, 4.69) is 10.4 Å². The molecule has 1 N–H and O–H groups in total. The largest absolute Gasteiger partial charge is 0.324 e. The van der Waals surface area contributed by atoms with E-state index < -0.39 is 21.9 Å². The average Bonchev–Trinajstić information content (AvgIpc) is 3.16. The molecule has 27 heavy (non-hydrogen) atoms. The molecule has 0 unspecified atom stereocenters. The zero-order valence-corrected chi connectivity index (χ0v) is 15.4. The summed E-state index contributed by atoms with van der Waals surface area (Å²) in [6.45, 7) is 3.12. The van der Waals surface area contributed by atoms with Gasteiger partial charge in [0.15, 0.2) is 0 Å². The molecule has 9 heteroatoms. The van der Waals surface area contributed by atoms with Gasteiger partial charge in [-0.1, -0.05) is 12.1 Å². The number of thiophene rings is 1. The summed E-state index contributed by atoms with van der Waals surface area (Å²) in [7, 11) is 0. The zero-order chi connectivity index (χ0) is 19.6. The van der Waals surface area contributed by atoms with Crippen LogP contribution in [0.2, 0.25) is 0 Å². The van der Waals surface area contributed by atoms with Crippen LogP contribution in [0.25, 0.3) is 10.6 Å². The van der Waals surface area contributed by atoms with E-state index >= 15 is 0 Å². The number of nitro groups is 1. The molecule has 0 aliphatic carbocycles. The summed E-state index contributed by atoms with van der Waals surface area (Å²) in [5, 5.41) is 19.7. The van der Waals surface area contributed by atoms with Crippen molar-refractivity contribution < 1.29 is 9.72 Å². The van der Waals surface area contributed by atoms with Gasteiger partial charge >= 0.3 is 0 Å². The minimum Gasteiger partial charge on any atom is -0.324 e. The Morgan fingerprint density at radius 1 is 1.22 bits per heavy atom. The summed E-state index contributed by atoms with van der Waals surface area (Å²) in [6, 6.07) is 12.3. The number of nitrogens with zero attached hydrogens (tertiary/aromatic N) is 3. The van der Waals surface area contributed by atoms with Crippen LogP contribution in [0.1, 0.15) is 13.8 Å². The molecular formula is C18H16N4O4S. The second-order valence-corrected chi connectivity index (χ2v) is 7.21. The van der Waals surface area contributed by atoms with Gasteiger partial charge < -0.3 is 5.32 Å². The molecule has 0 atom stereocenters. The number of carbonyl (C=O) groups is 1. The normalized spacial score (nSPS) is 11.2. The molecule has 0 radical (unpaired) electrons. The van der Waals surface area contributed by atoms with Crippen LogP contribution in [0.4, 0.5) is 11.4 Å². The average molecular weight is 384 g/mol. The molecule has 3 aromatic rings. The number of rotatable bonds is 5. The molecule has 0 spiro atoms. The van der Waals surface area contributed by atoms with Gasteiger partial charge in [0.05, 0.1) is 9.80 Å². The van der Waals surface area contributed by atoms with E-state index in [1.165, 1.54) is 35.6 Å². The highest BCUT2D eigenvalue weighted by molar-refractivity contribution is 7.13. The number of carbonyl (C=O) groups excluding carboxylic acids is 1. The SMILES string of the molecule is CC(C)(C(=O)Nc1cccc([N+](=O)[O-])c1)n1nc(-c2cccs2)ccc1=O. The van der Waals surface area contributed by atoms with Crippen molar-refractivity contribution in [2.45, 2.75) is 19.4 Å². The lowest BCUT2D eigenvalue weighted by Gasteiger charge is -2.25. The van der Waals surface area contributed by atoms with Crippen LogP contribution in [0.5, 0.6) is 0 Å². The maximum Gasteiger partial charge on any atom is 0.271 e. The van der Waals surface area contributed by atoms with Crippen LogP contribution in [-0.4, -0.2) is 20.6 Å². The van der Waals surface area contributed by atoms with Crippen LogP contribution in [0.15, 0.2) is 58.7 Å². The van der Waals surface area contributed by atoms with E-state index in [-0.39, 0.29) is 11.4 Å². The molecule has 0 aliphatic rings. The maximum absolute atomic E-state index is 12.8. The van der Waals surface area contributed by atoms with E-state index in [1.54, 1.807) is 26.0 Å². The number of hydrogen-bond acceptors (Lipinski definition) is 6. The first kappa shape index (κ1) is 18.5. The monoisotopic (exact) mass is 384 g/mol. The summed E-state index contributed by atoms with van der Waals surface area (Å²) in [6.07, 6.45) is 0. The van der Waals surface area contributed by atoms with Gasteiger partial charge in [-0.2, -0.15) is 5.10 Å². The number of benzene rings is 1. The number of amides is 1. The van der Waals surface area contributed by atoms with Crippen LogP contribution in [-0.2, 0) is 10.3 Å². The van der Waals surface area contributed by atoms with Crippen LogP contribution in [0, 0.1) is 10.1 Å². The Bertz CT molecular complexity index is 1060. The Balaban J connectivity index is 1.93. The van der Waals surface area contributed by atoms with Crippen molar-refractivity contribution in [3.8, 4) is 10.6 Å². The van der Waals surface area contributed by atoms with Crippen molar-refractivity contribution in [3.63, 3.8) is 0 Å². The topological polar surface area (TPSA) is 107 Å². The van der Waals surface area contributed by atoms with Crippen molar-refractivity contribution >= 4 is 28.6 Å². The minimum absolute atomic E-state index is 0.138. The quantitative estimate of drug-likeness (QED) is 0.537. The molecule has 138 valence electrons. The molecule has 8 nitrogen and oxygen atoms in total. The smallest absolute Gasteiger partial charge is 0.271 e. The van der Waals surface area contributed by atoms with E-state index in [1.807, 2.05) is 17.5 Å². The summed E-state index contributed by atoms with van der Waals surface area (Å²) >= 11 is 1.47. The van der Waals surface area contributed by atoms with Crippen molar-refractivity contribution in [1.29, 1.82) is 0 Å². The Kier molecular flexibility index (Phi) is 4.87. The fourth-order valence-electron chi connectivity index (χ4n) is 2.44. The Morgan fingerprint density at radius 2 is 2.00 bits per heavy atom. The number of anilines is 1. The molecule has 2 aromatic heterocycles. The molecule has 1 amide bonds. The highest BCUT2D eigenvalue weighted by Gasteiger charge is 2.32. The molecule has 0 fully saturated rings. The van der Waals surface area contributed by atoms with Gasteiger partial charge in [-0.15, -0.1) is 11.3 Å². The summed E-state index contributed by atoms with van der Waals surface area (Å²) in [5.74, 6) is -0.513. The van der Waals surface area contributed by atoms with E-state index in [0.717, 1.165) is 9.56 Å². The van der Waals surface area contributed by atoms with Crippen LogP contribution >= 0.6 is 11.3 Å². The molecule has 0 aliphatic heterocycles. The number of hydrogen-bond donors (Lipinski definition) is 1. The van der Waals surface area contributed by atoms with Crippen molar-refractivity contribution in [1.82, 2.24) is 9.78 Å². The van der Waals surface area contributed by atoms with E-state index in [4.69, 9.17) is 0 Å². The number of nitro benzene ring substituents is 1. The lowest BCUT2D eigenvalue weighted by atomic mass is 10.0. The molecule has 0 saturated carbocycles. The zero-order valence-electron chi connectivity index (χ0n) is 14.6. The van der Waals surface area contributed by atoms with Gasteiger partial charge in [0.25, 0.3) is 17.2 Å². The van der Waals surface area contributed by atoms with Crippen molar-refractivity contribution in [3.05, 3.63) is 74.4 Å². The molecule has 2 heterocycles. The third kappa shape index (κ3) is 3.77. The lowest BCUT2D eigenvalue weighted by molar-refractivity contribution is -0.384. The highest BCUT2D eigenvalue weighted by Crippen LogP contribution is 2.24. The second kappa shape index (κ2) is 7.12. The summed E-state index contributed by atoms with van der Waals surface area (Å²) in [5.41, 5.74) is -1.02. The van der Waals surface area contributed by atoms with Crippen LogP contribution < -0.4 is 10.9 Å². The van der Waals surface area contributed by atoms with Gasteiger partial charge in [0.1, 0.15) is 11.2 Å². The summed E-state index contributed by atoms with van der Waals surface area (Å²) in [4.78, 5) is 36.3. The maximum atomic E-state index is 12.8. The molecule has 1 aromatic carbocycles. The predicted octanol–water partition coefficient (Wildman–Crippen LogP) is 3.25. The van der Waals surface area contributed by atoms with Crippen molar-refractivity contribution in [2.24, 2.45) is 0 Å². The third-order valence-corrected chi connectivity index (χ3v) is 4.87. The fourth-order valence-corrected chi connectivity index (χ4v) is 3.14. The fraction of sp³-hybridized carbons (Fsp3) is 0.167. The Labute approximate surface area is 158 Å². The van der Waals surface area contributed by atoms with E-state index in [9.17, 15) is 19.7 Å². The highest BCUT2D eigenvalue weighted by atomic mass is 32.1. The molecule has 0 saturated heterocycles. The standard InChI is InChI=1S/C18H16N4O4S/c1-18(2,17(24)19-12-5-3-6-13(11-12)22(25)26)21-16(23)9-8-14(20-21)15-7-4-10-27-15/h3-11H,1-2H3,(H,19,24). The van der Waals surface area contributed by atoms with Crippen LogP contribution in [0.3, 0.4) is 0 Å². The predicted molar refractivity (Wildman–Crippen MR) is 103 cm³/mol. The van der Waals surface area contributed by atoms with Gasteiger partial charge in [-0.05, 0) is 37.4 Å². The Morgan fingerprint density at radius 3 is 2.67 bits per heavy atom. The molecule has 3 rings (SSSR count). The summed E-state index contributed by atoms with van der Waals surface area (Å²) < 4.78 is 1.12. The van der Waals surface area contributed by atoms with Crippen molar-refractivity contribution in [2.75, 3.05) is 5.32 Å². The Hall–Kier alpha value is -3.33. The first-order valence-electron chi connectivity index (χ1n) is 8.00. The molecule has 0 bridgehead atoms. The minimum atomic E-state index is -1.31. The number of nitrogens with one attached hydrogen (secondary N) is 1. The molecular weight excluding hydrogens is 368 g/mol. The third-order valence-electron chi connectivity index (χ3n) is 3.97. The van der Waals surface area contributed by atoms with E-state index in [0.29, 0.717) is 5.69 Å². The second-order valence-electron chi connectivity index (χ2n) is 6.27. The first-order chi connectivity index (χ1) is 12.8. The van der Waals surface area contributed by atoms with Gasteiger partial charge in [-0.3, -0.25) is 19.7 Å². The first-order valence-corrected chi connectivity index (χ1v) is 8.87. The number of non-ortho nitro benzene ring substituents is 1. The lowest BCUT2D eigenvalue weighted by Crippen LogP contribution is -2.47. The van der Waals surface area contributed by atoms with Gasteiger partial charge in [0, 0.05) is 23.9 Å².